The summed E-state index contributed by atoms with van der Waals surface area (Å²) in [6.07, 6.45) is 2.59. The molecule has 0 saturated carbocycles. The van der Waals surface area contributed by atoms with Gasteiger partial charge in [0, 0.05) is 19.0 Å². The summed E-state index contributed by atoms with van der Waals surface area (Å²) in [6, 6.07) is 6.33. The fraction of sp³-hybridized carbons (Fsp3) is 0.500. The second kappa shape index (κ2) is 6.72. The van der Waals surface area contributed by atoms with E-state index in [9.17, 15) is 14.7 Å². The lowest BCUT2D eigenvalue weighted by Gasteiger charge is -2.35. The highest BCUT2D eigenvalue weighted by molar-refractivity contribution is 5.85. The SMILES string of the molecule is CCCC(N)CC(=O)N1CCc2ccccc2C1C(=O)O. The van der Waals surface area contributed by atoms with Gasteiger partial charge in [0.15, 0.2) is 6.04 Å². The van der Waals surface area contributed by atoms with Crippen LogP contribution in [0.5, 0.6) is 0 Å². The van der Waals surface area contributed by atoms with Crippen molar-refractivity contribution < 1.29 is 14.7 Å². The molecular formula is C16H22N2O3. The van der Waals surface area contributed by atoms with Crippen LogP contribution in [0, 0.1) is 0 Å². The number of amides is 1. The van der Waals surface area contributed by atoms with Crippen molar-refractivity contribution in [2.75, 3.05) is 6.54 Å². The Bertz CT molecular complexity index is 530. The van der Waals surface area contributed by atoms with Gasteiger partial charge in [-0.3, -0.25) is 4.79 Å². The van der Waals surface area contributed by atoms with Crippen LogP contribution in [0.25, 0.3) is 0 Å². The van der Waals surface area contributed by atoms with E-state index in [1.807, 2.05) is 25.1 Å². The first-order chi connectivity index (χ1) is 10.0. The topological polar surface area (TPSA) is 83.6 Å². The molecule has 1 aromatic carbocycles. The molecule has 2 rings (SSSR count). The van der Waals surface area contributed by atoms with Crippen molar-refractivity contribution in [1.82, 2.24) is 4.90 Å². The molecule has 2 atom stereocenters. The molecule has 5 heteroatoms. The monoisotopic (exact) mass is 290 g/mol. The van der Waals surface area contributed by atoms with Crippen LogP contribution in [0.2, 0.25) is 0 Å². The highest BCUT2D eigenvalue weighted by Gasteiger charge is 2.35. The number of rotatable bonds is 5. The number of nitrogens with zero attached hydrogens (tertiary/aromatic N) is 1. The van der Waals surface area contributed by atoms with Gasteiger partial charge in [0.2, 0.25) is 5.91 Å². The van der Waals surface area contributed by atoms with E-state index in [0.29, 0.717) is 18.5 Å². The molecular weight excluding hydrogens is 268 g/mol. The predicted octanol–water partition coefficient (Wildman–Crippen LogP) is 1.71. The Hall–Kier alpha value is -1.88. The van der Waals surface area contributed by atoms with Crippen LogP contribution >= 0.6 is 0 Å². The second-order valence-corrected chi connectivity index (χ2v) is 5.53. The molecule has 0 radical (unpaired) electrons. The smallest absolute Gasteiger partial charge is 0.331 e. The number of carboxylic acids is 1. The van der Waals surface area contributed by atoms with E-state index >= 15 is 0 Å². The quantitative estimate of drug-likeness (QED) is 0.864. The second-order valence-electron chi connectivity index (χ2n) is 5.53. The third-order valence-corrected chi connectivity index (χ3v) is 3.93. The maximum absolute atomic E-state index is 12.4. The Kier molecular flexibility index (Phi) is 4.96. The lowest BCUT2D eigenvalue weighted by molar-refractivity contribution is -0.151. The molecule has 1 aromatic rings. The summed E-state index contributed by atoms with van der Waals surface area (Å²) in [5.74, 6) is -1.16. The number of aliphatic carboxylic acids is 1. The zero-order valence-electron chi connectivity index (χ0n) is 12.3. The normalized spacial score (nSPS) is 19.0. The van der Waals surface area contributed by atoms with Crippen LogP contribution in [-0.4, -0.2) is 34.5 Å². The Morgan fingerprint density at radius 2 is 2.14 bits per heavy atom. The van der Waals surface area contributed by atoms with Crippen LogP contribution in [0.3, 0.4) is 0 Å². The molecule has 0 bridgehead atoms. The third kappa shape index (κ3) is 3.42. The largest absolute Gasteiger partial charge is 0.479 e. The zero-order valence-corrected chi connectivity index (χ0v) is 12.3. The lowest BCUT2D eigenvalue weighted by Crippen LogP contribution is -2.45. The van der Waals surface area contributed by atoms with E-state index in [1.165, 1.54) is 4.90 Å². The minimum atomic E-state index is -0.987. The van der Waals surface area contributed by atoms with E-state index in [2.05, 4.69) is 0 Å². The average Bonchev–Trinajstić information content (AvgIpc) is 2.45. The Morgan fingerprint density at radius 1 is 1.43 bits per heavy atom. The molecule has 0 fully saturated rings. The number of fused-ring (bicyclic) bond motifs is 1. The maximum atomic E-state index is 12.4. The van der Waals surface area contributed by atoms with Gasteiger partial charge in [0.1, 0.15) is 0 Å². The van der Waals surface area contributed by atoms with Crippen LogP contribution in [0.15, 0.2) is 24.3 Å². The molecule has 0 saturated heterocycles. The molecule has 3 N–H and O–H groups in total. The number of carbonyl (C=O) groups excluding carboxylic acids is 1. The molecule has 21 heavy (non-hydrogen) atoms. The fourth-order valence-corrected chi connectivity index (χ4v) is 2.92. The predicted molar refractivity (Wildman–Crippen MR) is 79.7 cm³/mol. The van der Waals surface area contributed by atoms with Gasteiger partial charge >= 0.3 is 5.97 Å². The van der Waals surface area contributed by atoms with Gasteiger partial charge in [-0.05, 0) is 24.0 Å². The number of carbonyl (C=O) groups is 2. The highest BCUT2D eigenvalue weighted by Crippen LogP contribution is 2.30. The molecule has 114 valence electrons. The molecule has 1 heterocycles. The molecule has 2 unspecified atom stereocenters. The lowest BCUT2D eigenvalue weighted by atomic mass is 9.92. The van der Waals surface area contributed by atoms with Crippen LogP contribution in [-0.2, 0) is 16.0 Å². The van der Waals surface area contributed by atoms with E-state index in [0.717, 1.165) is 18.4 Å². The summed E-state index contributed by atoms with van der Waals surface area (Å²) >= 11 is 0. The van der Waals surface area contributed by atoms with E-state index in [1.54, 1.807) is 6.07 Å². The van der Waals surface area contributed by atoms with Crippen molar-refractivity contribution >= 4 is 11.9 Å². The van der Waals surface area contributed by atoms with E-state index < -0.39 is 12.0 Å². The molecule has 0 aromatic heterocycles. The summed E-state index contributed by atoms with van der Waals surface area (Å²) in [5, 5.41) is 9.52. The van der Waals surface area contributed by atoms with Crippen molar-refractivity contribution in [2.24, 2.45) is 5.73 Å². The summed E-state index contributed by atoms with van der Waals surface area (Å²) < 4.78 is 0. The number of carboxylic acid groups (broad SMARTS) is 1. The van der Waals surface area contributed by atoms with E-state index in [4.69, 9.17) is 5.73 Å². The molecule has 0 spiro atoms. The summed E-state index contributed by atoms with van der Waals surface area (Å²) in [7, 11) is 0. The average molecular weight is 290 g/mol. The zero-order chi connectivity index (χ0) is 15.4. The van der Waals surface area contributed by atoms with Crippen LogP contribution < -0.4 is 5.73 Å². The number of hydrogen-bond donors (Lipinski definition) is 2. The van der Waals surface area contributed by atoms with Gasteiger partial charge in [-0.1, -0.05) is 37.6 Å². The molecule has 1 aliphatic heterocycles. The summed E-state index contributed by atoms with van der Waals surface area (Å²) in [6.45, 7) is 2.45. The van der Waals surface area contributed by atoms with Gasteiger partial charge in [-0.25, -0.2) is 4.79 Å². The van der Waals surface area contributed by atoms with Crippen molar-refractivity contribution in [3.8, 4) is 0 Å². The van der Waals surface area contributed by atoms with Gasteiger partial charge < -0.3 is 15.7 Å². The number of nitrogens with two attached hydrogens (primary N) is 1. The van der Waals surface area contributed by atoms with E-state index in [-0.39, 0.29) is 18.4 Å². The van der Waals surface area contributed by atoms with Crippen LogP contribution in [0.4, 0.5) is 0 Å². The molecule has 1 aliphatic rings. The molecule has 5 nitrogen and oxygen atoms in total. The first-order valence-electron chi connectivity index (χ1n) is 7.40. The third-order valence-electron chi connectivity index (χ3n) is 3.93. The fourth-order valence-electron chi connectivity index (χ4n) is 2.92. The minimum absolute atomic E-state index is 0.169. The van der Waals surface area contributed by atoms with Gasteiger partial charge in [-0.2, -0.15) is 0 Å². The number of hydrogen-bond acceptors (Lipinski definition) is 3. The standard InChI is InChI=1S/C16H22N2O3/c1-2-5-12(17)10-14(19)18-9-8-11-6-3-4-7-13(11)15(18)16(20)21/h3-4,6-7,12,15H,2,5,8-10,17H2,1H3,(H,20,21). The van der Waals surface area contributed by atoms with Crippen molar-refractivity contribution in [1.29, 1.82) is 0 Å². The van der Waals surface area contributed by atoms with Gasteiger partial charge in [0.05, 0.1) is 0 Å². The van der Waals surface area contributed by atoms with Crippen LogP contribution in [0.1, 0.15) is 43.4 Å². The number of benzene rings is 1. The van der Waals surface area contributed by atoms with Gasteiger partial charge in [0.25, 0.3) is 0 Å². The summed E-state index contributed by atoms with van der Waals surface area (Å²) in [5.41, 5.74) is 7.64. The molecule has 0 aliphatic carbocycles. The Balaban J connectivity index is 2.20. The van der Waals surface area contributed by atoms with Gasteiger partial charge in [-0.15, -0.1) is 0 Å². The maximum Gasteiger partial charge on any atom is 0.331 e. The Labute approximate surface area is 124 Å². The van der Waals surface area contributed by atoms with Crippen molar-refractivity contribution in [3.63, 3.8) is 0 Å². The molecule has 1 amide bonds. The van der Waals surface area contributed by atoms with Crippen molar-refractivity contribution in [3.05, 3.63) is 35.4 Å². The first-order valence-corrected chi connectivity index (χ1v) is 7.40. The Morgan fingerprint density at radius 3 is 2.81 bits per heavy atom. The highest BCUT2D eigenvalue weighted by atomic mass is 16.4. The summed E-state index contributed by atoms with van der Waals surface area (Å²) in [4.78, 5) is 25.5. The minimum Gasteiger partial charge on any atom is -0.479 e. The first kappa shape index (κ1) is 15.5. The van der Waals surface area contributed by atoms with Crippen molar-refractivity contribution in [2.45, 2.75) is 44.7 Å².